The molecular weight excluding hydrogens is 520 g/mol. The summed E-state index contributed by atoms with van der Waals surface area (Å²) in [4.78, 5) is 55.3. The first kappa shape index (κ1) is 27.8. The predicted octanol–water partition coefficient (Wildman–Crippen LogP) is 4.63. The molecule has 0 radical (unpaired) electrons. The van der Waals surface area contributed by atoms with Crippen molar-refractivity contribution in [3.05, 3.63) is 40.8 Å². The zero-order chi connectivity index (χ0) is 28.9. The molecule has 1 saturated heterocycles. The van der Waals surface area contributed by atoms with Gasteiger partial charge in [-0.3, -0.25) is 14.4 Å². The molecule has 4 aliphatic carbocycles. The quantitative estimate of drug-likeness (QED) is 0.573. The minimum Gasteiger partial charge on any atom is -0.444 e. The summed E-state index contributed by atoms with van der Waals surface area (Å²) in [5.74, 6) is 2.24. The number of piperazine rings is 1. The molecule has 0 unspecified atom stereocenters. The van der Waals surface area contributed by atoms with E-state index in [-0.39, 0.29) is 35.4 Å². The minimum atomic E-state index is -0.571. The van der Waals surface area contributed by atoms with Crippen LogP contribution in [0.15, 0.2) is 35.3 Å². The highest BCUT2D eigenvalue weighted by molar-refractivity contribution is 6.02. The highest BCUT2D eigenvalue weighted by Crippen LogP contribution is 2.61. The van der Waals surface area contributed by atoms with E-state index in [1.807, 2.05) is 32.9 Å². The van der Waals surface area contributed by atoms with Gasteiger partial charge >= 0.3 is 6.09 Å². The Morgan fingerprint density at radius 2 is 1.51 bits per heavy atom. The number of hydrogen-bond acceptors (Lipinski definition) is 5. The summed E-state index contributed by atoms with van der Waals surface area (Å²) in [6.07, 6.45) is 9.39. The molecule has 2 heterocycles. The number of carbonyl (C=O) groups excluding carboxylic acids is 3. The molecule has 1 N–H and O–H groups in total. The fourth-order valence-corrected chi connectivity index (χ4v) is 8.30. The predicted molar refractivity (Wildman–Crippen MR) is 156 cm³/mol. The van der Waals surface area contributed by atoms with Crippen LogP contribution >= 0.6 is 0 Å². The van der Waals surface area contributed by atoms with Gasteiger partial charge in [-0.15, -0.1) is 0 Å². The van der Waals surface area contributed by atoms with Crippen LogP contribution in [0, 0.1) is 23.2 Å². The highest BCUT2D eigenvalue weighted by Gasteiger charge is 2.51. The Hall–Kier alpha value is -3.36. The van der Waals surface area contributed by atoms with Crippen LogP contribution < -0.4 is 10.9 Å². The minimum absolute atomic E-state index is 0.0318. The second kappa shape index (κ2) is 10.5. The van der Waals surface area contributed by atoms with Crippen LogP contribution in [0.4, 0.5) is 10.5 Å². The molecule has 9 heteroatoms. The van der Waals surface area contributed by atoms with Crippen molar-refractivity contribution in [3.63, 3.8) is 0 Å². The van der Waals surface area contributed by atoms with Crippen molar-refractivity contribution in [2.75, 3.05) is 31.5 Å². The molecule has 4 saturated carbocycles. The second-order valence-electron chi connectivity index (χ2n) is 14.0. The molecule has 5 fully saturated rings. The Morgan fingerprint density at radius 3 is 2.12 bits per heavy atom. The van der Waals surface area contributed by atoms with Crippen LogP contribution in [-0.4, -0.2) is 64.1 Å². The molecule has 5 aliphatic rings. The van der Waals surface area contributed by atoms with E-state index in [1.165, 1.54) is 43.1 Å². The van der Waals surface area contributed by atoms with Gasteiger partial charge in [0.1, 0.15) is 12.1 Å². The fraction of sp³-hybridized carbons (Fsp3) is 0.625. The zero-order valence-corrected chi connectivity index (χ0v) is 24.5. The lowest BCUT2D eigenvalue weighted by molar-refractivity contribution is -0.133. The van der Waals surface area contributed by atoms with E-state index in [2.05, 4.69) is 5.32 Å². The summed E-state index contributed by atoms with van der Waals surface area (Å²) < 4.78 is 6.85. The lowest BCUT2D eigenvalue weighted by atomic mass is 9.49. The van der Waals surface area contributed by atoms with E-state index < -0.39 is 5.60 Å². The van der Waals surface area contributed by atoms with Crippen molar-refractivity contribution < 1.29 is 19.1 Å². The largest absolute Gasteiger partial charge is 0.444 e. The molecule has 0 spiro atoms. The van der Waals surface area contributed by atoms with Crippen molar-refractivity contribution in [3.8, 4) is 0 Å². The number of ether oxygens (including phenoxy) is 1. The van der Waals surface area contributed by atoms with Crippen LogP contribution in [-0.2, 0) is 20.9 Å². The van der Waals surface area contributed by atoms with Crippen molar-refractivity contribution in [1.29, 1.82) is 0 Å². The van der Waals surface area contributed by atoms with Gasteiger partial charge in [-0.1, -0.05) is 6.07 Å². The number of aromatic nitrogens is 1. The van der Waals surface area contributed by atoms with Gasteiger partial charge in [0.15, 0.2) is 0 Å². The van der Waals surface area contributed by atoms with Gasteiger partial charge < -0.3 is 24.4 Å². The van der Waals surface area contributed by atoms with Gasteiger partial charge in [0.2, 0.25) is 11.8 Å². The Bertz CT molecular complexity index is 1380. The molecule has 1 aliphatic heterocycles. The number of nitrogens with zero attached hydrogens (tertiary/aromatic N) is 3. The zero-order valence-electron chi connectivity index (χ0n) is 24.5. The first-order valence-corrected chi connectivity index (χ1v) is 15.1. The molecule has 220 valence electrons. The maximum atomic E-state index is 13.4. The molecule has 7 rings (SSSR count). The third-order valence-electron chi connectivity index (χ3n) is 9.58. The SMILES string of the molecule is CC(C)(C)OC(=O)N1CCN(C(=O)Cn2ccc3c(NC(=O)CC45CC6CC(CC(C6)C4)C5)cccc3c2=O)CC1. The molecule has 0 atom stereocenters. The summed E-state index contributed by atoms with van der Waals surface area (Å²) in [6, 6.07) is 7.18. The molecule has 1 aromatic heterocycles. The molecular formula is C32H42N4O5. The van der Waals surface area contributed by atoms with Crippen molar-refractivity contribution >= 4 is 34.4 Å². The molecule has 2 aromatic rings. The number of hydrogen-bond donors (Lipinski definition) is 1. The number of anilines is 1. The lowest BCUT2D eigenvalue weighted by Gasteiger charge is -2.56. The Balaban J connectivity index is 1.09. The number of nitrogens with one attached hydrogen (secondary N) is 1. The van der Waals surface area contributed by atoms with Crippen LogP contribution in [0.3, 0.4) is 0 Å². The average Bonchev–Trinajstić information content (AvgIpc) is 2.88. The van der Waals surface area contributed by atoms with Crippen LogP contribution in [0.5, 0.6) is 0 Å². The molecule has 41 heavy (non-hydrogen) atoms. The van der Waals surface area contributed by atoms with Gasteiger partial charge in [-0.2, -0.15) is 0 Å². The van der Waals surface area contributed by atoms with Gasteiger partial charge in [-0.05, 0) is 101 Å². The number of amides is 3. The summed E-state index contributed by atoms with van der Waals surface area (Å²) in [5, 5.41) is 4.28. The van der Waals surface area contributed by atoms with Gasteiger partial charge in [-0.25, -0.2) is 4.79 Å². The molecule has 3 amide bonds. The number of carbonyl (C=O) groups is 3. The van der Waals surface area contributed by atoms with E-state index in [9.17, 15) is 19.2 Å². The van der Waals surface area contributed by atoms with E-state index in [4.69, 9.17) is 4.74 Å². The summed E-state index contributed by atoms with van der Waals surface area (Å²) in [5.41, 5.74) is -0.0423. The van der Waals surface area contributed by atoms with Crippen LogP contribution in [0.25, 0.3) is 10.8 Å². The van der Waals surface area contributed by atoms with E-state index >= 15 is 0 Å². The first-order chi connectivity index (χ1) is 19.5. The van der Waals surface area contributed by atoms with Gasteiger partial charge in [0.05, 0.1) is 0 Å². The fourth-order valence-electron chi connectivity index (χ4n) is 8.30. The number of rotatable bonds is 5. The average molecular weight is 563 g/mol. The van der Waals surface area contributed by atoms with E-state index in [1.54, 1.807) is 28.1 Å². The number of fused-ring (bicyclic) bond motifs is 1. The summed E-state index contributed by atoms with van der Waals surface area (Å²) in [7, 11) is 0. The van der Waals surface area contributed by atoms with Crippen molar-refractivity contribution in [2.45, 2.75) is 77.9 Å². The highest BCUT2D eigenvalue weighted by atomic mass is 16.6. The monoisotopic (exact) mass is 562 g/mol. The maximum absolute atomic E-state index is 13.4. The van der Waals surface area contributed by atoms with Gasteiger partial charge in [0.25, 0.3) is 5.56 Å². The Labute approximate surface area is 241 Å². The standard InChI is InChI=1S/C32H42N4O5/c1-31(2,3)41-30(40)35-11-9-34(10-12-35)28(38)20-36-8-7-24-25(29(36)39)5-4-6-26(24)33-27(37)19-32-16-21-13-22(17-32)15-23(14-21)18-32/h4-8,21-23H,9-20H2,1-3H3,(H,33,37). The number of pyridine rings is 1. The normalized spacial score (nSPS) is 27.2. The summed E-state index contributed by atoms with van der Waals surface area (Å²) in [6.45, 7) is 6.95. The number of benzene rings is 1. The van der Waals surface area contributed by atoms with E-state index in [0.717, 1.165) is 17.8 Å². The Kier molecular flexibility index (Phi) is 7.10. The molecule has 1 aromatic carbocycles. The maximum Gasteiger partial charge on any atom is 0.410 e. The van der Waals surface area contributed by atoms with Crippen LogP contribution in [0.2, 0.25) is 0 Å². The van der Waals surface area contributed by atoms with Crippen LogP contribution in [0.1, 0.15) is 65.7 Å². The van der Waals surface area contributed by atoms with Crippen molar-refractivity contribution in [1.82, 2.24) is 14.4 Å². The second-order valence-corrected chi connectivity index (χ2v) is 14.0. The molecule has 4 bridgehead atoms. The topological polar surface area (TPSA) is 101 Å². The van der Waals surface area contributed by atoms with E-state index in [0.29, 0.717) is 49.1 Å². The molecule has 9 nitrogen and oxygen atoms in total. The third-order valence-corrected chi connectivity index (χ3v) is 9.58. The lowest BCUT2D eigenvalue weighted by Crippen LogP contribution is -2.52. The summed E-state index contributed by atoms with van der Waals surface area (Å²) >= 11 is 0. The van der Waals surface area contributed by atoms with Crippen molar-refractivity contribution in [2.24, 2.45) is 23.2 Å². The Morgan fingerprint density at radius 1 is 0.902 bits per heavy atom. The first-order valence-electron chi connectivity index (χ1n) is 15.1. The smallest absolute Gasteiger partial charge is 0.410 e. The van der Waals surface area contributed by atoms with Gasteiger partial charge in [0, 0.05) is 55.3 Å². The third kappa shape index (κ3) is 5.86.